The Kier molecular flexibility index (Phi) is 5.95. The lowest BCUT2D eigenvalue weighted by Crippen LogP contribution is -2.55. The van der Waals surface area contributed by atoms with Gasteiger partial charge in [-0.2, -0.15) is 0 Å². The number of aromatic nitrogens is 1. The number of benzene rings is 1. The van der Waals surface area contributed by atoms with Crippen LogP contribution in [0.4, 0.5) is 4.79 Å². The number of rotatable bonds is 6. The second kappa shape index (κ2) is 7.81. The number of ether oxygens (including phenoxy) is 1. The van der Waals surface area contributed by atoms with Crippen molar-refractivity contribution in [1.29, 1.82) is 0 Å². The number of nitrogens with one attached hydrogen (secondary N) is 3. The standard InChI is InChI=1S/C20H29N3O3/c1-19(2,3)26-18(25)23-20(4,5)17(24)21-12-8-9-14-13-22-16-11-7-6-10-15(14)16/h6-7,10-11,13,22H,8-9,12H2,1-5H3,(H,21,24)(H,23,25). The van der Waals surface area contributed by atoms with Crippen molar-refractivity contribution >= 4 is 22.9 Å². The number of fused-ring (bicyclic) bond motifs is 1. The molecule has 1 aromatic heterocycles. The van der Waals surface area contributed by atoms with Gasteiger partial charge in [-0.15, -0.1) is 0 Å². The van der Waals surface area contributed by atoms with Gasteiger partial charge in [0.05, 0.1) is 0 Å². The third kappa shape index (κ3) is 5.51. The van der Waals surface area contributed by atoms with E-state index in [0.29, 0.717) is 6.54 Å². The topological polar surface area (TPSA) is 83.2 Å². The van der Waals surface area contributed by atoms with Crippen LogP contribution in [0.25, 0.3) is 10.9 Å². The predicted molar refractivity (Wildman–Crippen MR) is 103 cm³/mol. The summed E-state index contributed by atoms with van der Waals surface area (Å²) in [6, 6.07) is 8.16. The van der Waals surface area contributed by atoms with Crippen molar-refractivity contribution in [3.05, 3.63) is 36.0 Å². The van der Waals surface area contributed by atoms with Crippen molar-refractivity contribution in [2.75, 3.05) is 6.54 Å². The third-order valence-corrected chi connectivity index (χ3v) is 3.96. The Labute approximate surface area is 154 Å². The minimum absolute atomic E-state index is 0.234. The number of aromatic amines is 1. The molecule has 1 heterocycles. The monoisotopic (exact) mass is 359 g/mol. The second-order valence-electron chi connectivity index (χ2n) is 7.97. The number of amides is 2. The van der Waals surface area contributed by atoms with E-state index in [-0.39, 0.29) is 5.91 Å². The lowest BCUT2D eigenvalue weighted by Gasteiger charge is -2.27. The number of hydrogen-bond acceptors (Lipinski definition) is 3. The number of carbonyl (C=O) groups is 2. The maximum Gasteiger partial charge on any atom is 0.408 e. The zero-order chi connectivity index (χ0) is 19.4. The molecule has 2 amide bonds. The maximum atomic E-state index is 12.4. The molecule has 0 fully saturated rings. The SMILES string of the molecule is CC(C)(C)OC(=O)NC(C)(C)C(=O)NCCCc1c[nH]c2ccccc12. The largest absolute Gasteiger partial charge is 0.444 e. The lowest BCUT2D eigenvalue weighted by molar-refractivity contribution is -0.126. The van der Waals surface area contributed by atoms with Crippen molar-refractivity contribution in [2.24, 2.45) is 0 Å². The summed E-state index contributed by atoms with van der Waals surface area (Å²) in [6.07, 6.45) is 3.09. The van der Waals surface area contributed by atoms with Crippen molar-refractivity contribution in [3.8, 4) is 0 Å². The first-order chi connectivity index (χ1) is 12.1. The van der Waals surface area contributed by atoms with Crippen LogP contribution in [-0.2, 0) is 16.0 Å². The molecule has 0 atom stereocenters. The molecule has 0 spiro atoms. The molecule has 0 unspecified atom stereocenters. The first kappa shape index (κ1) is 19.8. The Bertz CT molecular complexity index is 772. The van der Waals surface area contributed by atoms with E-state index in [1.54, 1.807) is 34.6 Å². The molecule has 6 heteroatoms. The molecule has 0 aliphatic carbocycles. The Morgan fingerprint density at radius 3 is 2.50 bits per heavy atom. The van der Waals surface area contributed by atoms with E-state index < -0.39 is 17.2 Å². The summed E-state index contributed by atoms with van der Waals surface area (Å²) in [4.78, 5) is 27.5. The smallest absolute Gasteiger partial charge is 0.408 e. The Balaban J connectivity index is 1.79. The normalized spacial score (nSPS) is 12.0. The molecule has 1 aromatic carbocycles. The van der Waals surface area contributed by atoms with Crippen molar-refractivity contribution < 1.29 is 14.3 Å². The molecule has 2 aromatic rings. The highest BCUT2D eigenvalue weighted by Crippen LogP contribution is 2.18. The van der Waals surface area contributed by atoms with Crippen LogP contribution in [0.3, 0.4) is 0 Å². The van der Waals surface area contributed by atoms with Crippen molar-refractivity contribution in [3.63, 3.8) is 0 Å². The van der Waals surface area contributed by atoms with Crippen molar-refractivity contribution in [2.45, 2.75) is 58.6 Å². The molecule has 142 valence electrons. The lowest BCUT2D eigenvalue weighted by atomic mass is 10.0. The Morgan fingerprint density at radius 2 is 1.81 bits per heavy atom. The van der Waals surface area contributed by atoms with Crippen LogP contribution in [-0.4, -0.2) is 34.7 Å². The quantitative estimate of drug-likeness (QED) is 0.690. The molecular weight excluding hydrogens is 330 g/mol. The summed E-state index contributed by atoms with van der Waals surface area (Å²) in [5, 5.41) is 6.71. The molecule has 0 saturated carbocycles. The number of carbonyl (C=O) groups excluding carboxylic acids is 2. The van der Waals surface area contributed by atoms with Crippen LogP contribution in [0.1, 0.15) is 46.6 Å². The van der Waals surface area contributed by atoms with Gasteiger partial charge in [0.2, 0.25) is 5.91 Å². The summed E-state index contributed by atoms with van der Waals surface area (Å²) in [7, 11) is 0. The van der Waals surface area contributed by atoms with Crippen LogP contribution in [0.5, 0.6) is 0 Å². The third-order valence-electron chi connectivity index (χ3n) is 3.96. The van der Waals surface area contributed by atoms with E-state index in [0.717, 1.165) is 18.4 Å². The maximum absolute atomic E-state index is 12.4. The van der Waals surface area contributed by atoms with Gasteiger partial charge in [0, 0.05) is 23.6 Å². The number of H-pyrrole nitrogens is 1. The Morgan fingerprint density at radius 1 is 1.12 bits per heavy atom. The second-order valence-corrected chi connectivity index (χ2v) is 7.97. The summed E-state index contributed by atoms with van der Waals surface area (Å²) in [6.45, 7) is 9.20. The summed E-state index contributed by atoms with van der Waals surface area (Å²) < 4.78 is 5.21. The molecule has 2 rings (SSSR count). The minimum Gasteiger partial charge on any atom is -0.444 e. The average molecular weight is 359 g/mol. The molecule has 26 heavy (non-hydrogen) atoms. The van der Waals surface area contributed by atoms with E-state index >= 15 is 0 Å². The van der Waals surface area contributed by atoms with E-state index in [9.17, 15) is 9.59 Å². The van der Waals surface area contributed by atoms with Gasteiger partial charge in [0.1, 0.15) is 11.1 Å². The van der Waals surface area contributed by atoms with Gasteiger partial charge in [-0.05, 0) is 59.1 Å². The molecule has 0 radical (unpaired) electrons. The van der Waals surface area contributed by atoms with Gasteiger partial charge < -0.3 is 20.4 Å². The summed E-state index contributed by atoms with van der Waals surface area (Å²) in [5.41, 5.74) is 0.717. The minimum atomic E-state index is -1.04. The average Bonchev–Trinajstić information content (AvgIpc) is 2.92. The highest BCUT2D eigenvalue weighted by molar-refractivity contribution is 5.89. The molecule has 0 saturated heterocycles. The van der Waals surface area contributed by atoms with Crippen LogP contribution >= 0.6 is 0 Å². The van der Waals surface area contributed by atoms with E-state index in [1.165, 1.54) is 10.9 Å². The van der Waals surface area contributed by atoms with Crippen molar-refractivity contribution in [1.82, 2.24) is 15.6 Å². The van der Waals surface area contributed by atoms with Crippen LogP contribution in [0.15, 0.2) is 30.5 Å². The zero-order valence-electron chi connectivity index (χ0n) is 16.2. The van der Waals surface area contributed by atoms with Gasteiger partial charge in [-0.1, -0.05) is 18.2 Å². The van der Waals surface area contributed by atoms with Gasteiger partial charge in [-0.3, -0.25) is 4.79 Å². The fraction of sp³-hybridized carbons (Fsp3) is 0.500. The van der Waals surface area contributed by atoms with Gasteiger partial charge in [0.25, 0.3) is 0 Å². The summed E-state index contributed by atoms with van der Waals surface area (Å²) >= 11 is 0. The predicted octanol–water partition coefficient (Wildman–Crippen LogP) is 3.52. The number of hydrogen-bond donors (Lipinski definition) is 3. The van der Waals surface area contributed by atoms with E-state index in [2.05, 4.69) is 21.7 Å². The van der Waals surface area contributed by atoms with E-state index in [1.807, 2.05) is 24.4 Å². The van der Waals surface area contributed by atoms with Crippen LogP contribution in [0.2, 0.25) is 0 Å². The first-order valence-corrected chi connectivity index (χ1v) is 8.93. The summed E-state index contributed by atoms with van der Waals surface area (Å²) in [5.74, 6) is -0.234. The van der Waals surface area contributed by atoms with Gasteiger partial charge in [0.15, 0.2) is 0 Å². The molecule has 6 nitrogen and oxygen atoms in total. The van der Waals surface area contributed by atoms with Crippen LogP contribution in [0, 0.1) is 0 Å². The van der Waals surface area contributed by atoms with Gasteiger partial charge >= 0.3 is 6.09 Å². The number of alkyl carbamates (subject to hydrolysis) is 1. The molecule has 0 bridgehead atoms. The number of para-hydroxylation sites is 1. The highest BCUT2D eigenvalue weighted by atomic mass is 16.6. The highest BCUT2D eigenvalue weighted by Gasteiger charge is 2.31. The first-order valence-electron chi connectivity index (χ1n) is 8.93. The molecular formula is C20H29N3O3. The molecule has 0 aliphatic heterocycles. The molecule has 3 N–H and O–H groups in total. The van der Waals surface area contributed by atoms with Gasteiger partial charge in [-0.25, -0.2) is 4.79 Å². The van der Waals surface area contributed by atoms with E-state index in [4.69, 9.17) is 4.74 Å². The Hall–Kier alpha value is -2.50. The fourth-order valence-electron chi connectivity index (χ4n) is 2.66. The fourth-order valence-corrected chi connectivity index (χ4v) is 2.66. The van der Waals surface area contributed by atoms with Crippen LogP contribution < -0.4 is 10.6 Å². The number of aryl methyl sites for hydroxylation is 1. The zero-order valence-corrected chi connectivity index (χ0v) is 16.2. The molecule has 0 aliphatic rings.